The Morgan fingerprint density at radius 3 is 2.47 bits per heavy atom. The Bertz CT molecular complexity index is 508. The minimum absolute atomic E-state index is 0.106. The van der Waals surface area contributed by atoms with Crippen LogP contribution in [0.15, 0.2) is 18.2 Å². The minimum atomic E-state index is 0.106. The van der Waals surface area contributed by atoms with Gasteiger partial charge in [0.2, 0.25) is 0 Å². The normalized spacial score (nSPS) is 29.6. The van der Waals surface area contributed by atoms with Gasteiger partial charge in [0.1, 0.15) is 0 Å². The SMILES string of the molecule is O=C(c1ccc(I)c(Cl)c1)N1C2CCC1CC(Cl)C2. The molecule has 0 spiro atoms. The molecule has 2 heterocycles. The lowest BCUT2D eigenvalue weighted by atomic mass is 10.0. The van der Waals surface area contributed by atoms with E-state index in [1.165, 1.54) is 0 Å². The van der Waals surface area contributed by atoms with Crippen molar-refractivity contribution in [2.45, 2.75) is 43.1 Å². The Morgan fingerprint density at radius 2 is 1.89 bits per heavy atom. The van der Waals surface area contributed by atoms with E-state index >= 15 is 0 Å². The number of benzene rings is 1. The number of carbonyl (C=O) groups is 1. The average Bonchev–Trinajstić information content (AvgIpc) is 2.64. The van der Waals surface area contributed by atoms with Crippen LogP contribution >= 0.6 is 45.8 Å². The molecule has 2 saturated heterocycles. The monoisotopic (exact) mass is 409 g/mol. The lowest BCUT2D eigenvalue weighted by Crippen LogP contribution is -2.46. The molecule has 1 aromatic rings. The van der Waals surface area contributed by atoms with E-state index in [0.29, 0.717) is 22.7 Å². The molecular weight excluding hydrogens is 396 g/mol. The smallest absolute Gasteiger partial charge is 0.254 e. The number of halogens is 3. The summed E-state index contributed by atoms with van der Waals surface area (Å²) in [5, 5.41) is 0.868. The van der Waals surface area contributed by atoms with Crippen LogP contribution in [0.25, 0.3) is 0 Å². The molecule has 0 radical (unpaired) electrons. The second kappa shape index (κ2) is 5.41. The van der Waals surface area contributed by atoms with Crippen molar-refractivity contribution in [3.8, 4) is 0 Å². The first kappa shape index (κ1) is 14.0. The summed E-state index contributed by atoms with van der Waals surface area (Å²) in [5.74, 6) is 0.106. The molecule has 0 aliphatic carbocycles. The molecular formula is C14H14Cl2INO. The molecule has 0 N–H and O–H groups in total. The fourth-order valence-electron chi connectivity index (χ4n) is 3.22. The Balaban J connectivity index is 1.86. The maximum absolute atomic E-state index is 12.7. The minimum Gasteiger partial charge on any atom is -0.333 e. The molecule has 2 bridgehead atoms. The predicted molar refractivity (Wildman–Crippen MR) is 86.0 cm³/mol. The largest absolute Gasteiger partial charge is 0.333 e. The summed E-state index contributed by atoms with van der Waals surface area (Å²) in [6.45, 7) is 0. The highest BCUT2D eigenvalue weighted by Gasteiger charge is 2.42. The van der Waals surface area contributed by atoms with Crippen LogP contribution in [0, 0.1) is 3.57 Å². The fraction of sp³-hybridized carbons (Fsp3) is 0.500. The van der Waals surface area contributed by atoms with Crippen molar-refractivity contribution in [3.63, 3.8) is 0 Å². The Morgan fingerprint density at radius 1 is 1.26 bits per heavy atom. The van der Waals surface area contributed by atoms with Gasteiger partial charge in [-0.1, -0.05) is 11.6 Å². The molecule has 2 unspecified atom stereocenters. The van der Waals surface area contributed by atoms with E-state index < -0.39 is 0 Å². The van der Waals surface area contributed by atoms with Crippen LogP contribution in [0.5, 0.6) is 0 Å². The van der Waals surface area contributed by atoms with E-state index in [2.05, 4.69) is 22.6 Å². The van der Waals surface area contributed by atoms with E-state index in [0.717, 1.165) is 29.3 Å². The molecule has 0 saturated carbocycles. The van der Waals surface area contributed by atoms with E-state index in [9.17, 15) is 4.79 Å². The van der Waals surface area contributed by atoms with Crippen molar-refractivity contribution in [1.82, 2.24) is 4.90 Å². The van der Waals surface area contributed by atoms with Gasteiger partial charge in [-0.3, -0.25) is 4.79 Å². The first-order valence-electron chi connectivity index (χ1n) is 6.48. The number of hydrogen-bond donors (Lipinski definition) is 0. The molecule has 2 nitrogen and oxygen atoms in total. The molecule has 3 rings (SSSR count). The second-order valence-electron chi connectivity index (χ2n) is 5.29. The topological polar surface area (TPSA) is 20.3 Å². The summed E-state index contributed by atoms with van der Waals surface area (Å²) in [5.41, 5.74) is 0.690. The van der Waals surface area contributed by atoms with Gasteiger partial charge in [0, 0.05) is 26.6 Å². The summed E-state index contributed by atoms with van der Waals surface area (Å²) >= 11 is 14.5. The first-order valence-corrected chi connectivity index (χ1v) is 8.37. The van der Waals surface area contributed by atoms with Gasteiger partial charge in [-0.2, -0.15) is 0 Å². The fourth-order valence-corrected chi connectivity index (χ4v) is 4.15. The highest BCUT2D eigenvalue weighted by molar-refractivity contribution is 14.1. The van der Waals surface area contributed by atoms with Gasteiger partial charge in [0.25, 0.3) is 5.91 Å². The van der Waals surface area contributed by atoms with E-state index in [-0.39, 0.29) is 11.3 Å². The third-order valence-electron chi connectivity index (χ3n) is 4.08. The third-order valence-corrected chi connectivity index (χ3v) is 6.01. The van der Waals surface area contributed by atoms with Crippen LogP contribution in [-0.4, -0.2) is 28.3 Å². The molecule has 5 heteroatoms. The Kier molecular flexibility index (Phi) is 3.98. The second-order valence-corrected chi connectivity index (χ2v) is 7.48. The zero-order valence-corrected chi connectivity index (χ0v) is 14.0. The van der Waals surface area contributed by atoms with Gasteiger partial charge in [0.15, 0.2) is 0 Å². The van der Waals surface area contributed by atoms with Gasteiger partial charge >= 0.3 is 0 Å². The molecule has 2 aliphatic rings. The standard InChI is InChI=1S/C14H14Cl2INO/c15-9-6-10-2-3-11(7-9)18(10)14(19)8-1-4-13(17)12(16)5-8/h1,4-5,9-11H,2-3,6-7H2. The lowest BCUT2D eigenvalue weighted by molar-refractivity contribution is 0.0599. The van der Waals surface area contributed by atoms with Crippen molar-refractivity contribution >= 4 is 51.7 Å². The van der Waals surface area contributed by atoms with Crippen molar-refractivity contribution in [1.29, 1.82) is 0 Å². The van der Waals surface area contributed by atoms with Crippen molar-refractivity contribution in [2.24, 2.45) is 0 Å². The molecule has 1 amide bonds. The lowest BCUT2D eigenvalue weighted by Gasteiger charge is -2.37. The molecule has 1 aromatic carbocycles. The van der Waals surface area contributed by atoms with Crippen molar-refractivity contribution < 1.29 is 4.79 Å². The summed E-state index contributed by atoms with van der Waals surface area (Å²) in [6, 6.07) is 6.16. The van der Waals surface area contributed by atoms with Gasteiger partial charge in [-0.05, 0) is 66.5 Å². The van der Waals surface area contributed by atoms with E-state index in [4.69, 9.17) is 23.2 Å². The van der Waals surface area contributed by atoms with Crippen LogP contribution in [-0.2, 0) is 0 Å². The molecule has 2 atom stereocenters. The maximum atomic E-state index is 12.7. The van der Waals surface area contributed by atoms with Gasteiger partial charge < -0.3 is 4.90 Å². The average molecular weight is 410 g/mol. The Hall–Kier alpha value is -0.000000000000000167. The maximum Gasteiger partial charge on any atom is 0.254 e. The van der Waals surface area contributed by atoms with Crippen molar-refractivity contribution in [3.05, 3.63) is 32.4 Å². The zero-order chi connectivity index (χ0) is 13.6. The van der Waals surface area contributed by atoms with Gasteiger partial charge in [0.05, 0.1) is 5.02 Å². The van der Waals surface area contributed by atoms with Crippen LogP contribution in [0.3, 0.4) is 0 Å². The Labute approximate surface area is 136 Å². The third kappa shape index (κ3) is 2.61. The van der Waals surface area contributed by atoms with Crippen LogP contribution < -0.4 is 0 Å². The number of nitrogens with zero attached hydrogens (tertiary/aromatic N) is 1. The number of carbonyl (C=O) groups excluding carboxylic acids is 1. The van der Waals surface area contributed by atoms with Crippen LogP contribution in [0.4, 0.5) is 0 Å². The number of piperidine rings is 1. The van der Waals surface area contributed by atoms with Crippen LogP contribution in [0.2, 0.25) is 5.02 Å². The van der Waals surface area contributed by atoms with Gasteiger partial charge in [-0.15, -0.1) is 11.6 Å². The quantitative estimate of drug-likeness (QED) is 0.499. The van der Waals surface area contributed by atoms with E-state index in [1.54, 1.807) is 6.07 Å². The number of rotatable bonds is 1. The zero-order valence-electron chi connectivity index (χ0n) is 10.3. The predicted octanol–water partition coefficient (Wildman–Crippen LogP) is 4.32. The summed E-state index contributed by atoms with van der Waals surface area (Å²) in [6.07, 6.45) is 4.00. The highest BCUT2D eigenvalue weighted by atomic mass is 127. The van der Waals surface area contributed by atoms with Crippen LogP contribution in [0.1, 0.15) is 36.0 Å². The van der Waals surface area contributed by atoms with Gasteiger partial charge in [-0.25, -0.2) is 0 Å². The van der Waals surface area contributed by atoms with E-state index in [1.807, 2.05) is 17.0 Å². The molecule has 2 fully saturated rings. The van der Waals surface area contributed by atoms with Crippen molar-refractivity contribution in [2.75, 3.05) is 0 Å². The summed E-state index contributed by atoms with van der Waals surface area (Å²) in [4.78, 5) is 14.7. The number of alkyl halides is 1. The molecule has 19 heavy (non-hydrogen) atoms. The highest BCUT2D eigenvalue weighted by Crippen LogP contribution is 2.38. The molecule has 102 valence electrons. The molecule has 0 aromatic heterocycles. The summed E-state index contributed by atoms with van der Waals surface area (Å²) < 4.78 is 0.971. The first-order chi connectivity index (χ1) is 9.06. The number of amides is 1. The number of hydrogen-bond acceptors (Lipinski definition) is 1. The summed E-state index contributed by atoms with van der Waals surface area (Å²) in [7, 11) is 0. The number of fused-ring (bicyclic) bond motifs is 2. The molecule has 2 aliphatic heterocycles.